The fourth-order valence-corrected chi connectivity index (χ4v) is 4.63. The lowest BCUT2D eigenvalue weighted by atomic mass is 9.86. The maximum Gasteiger partial charge on any atom is 0.414 e. The highest BCUT2D eigenvalue weighted by molar-refractivity contribution is 6.30. The lowest BCUT2D eigenvalue weighted by Crippen LogP contribution is -2.53. The van der Waals surface area contributed by atoms with Crippen LogP contribution in [0.25, 0.3) is 0 Å². The largest absolute Gasteiger partial charge is 0.444 e. The van der Waals surface area contributed by atoms with Crippen molar-refractivity contribution in [1.82, 2.24) is 4.90 Å². The van der Waals surface area contributed by atoms with Gasteiger partial charge in [0, 0.05) is 23.8 Å². The Morgan fingerprint density at radius 3 is 2.73 bits per heavy atom. The second-order valence-corrected chi connectivity index (χ2v) is 8.24. The maximum atomic E-state index is 13.1. The van der Waals surface area contributed by atoms with Crippen LogP contribution in [0.1, 0.15) is 32.1 Å². The number of allylic oxidation sites excluding steroid dienone is 2. The van der Waals surface area contributed by atoms with Gasteiger partial charge in [-0.1, -0.05) is 29.8 Å². The van der Waals surface area contributed by atoms with E-state index in [4.69, 9.17) is 16.3 Å². The van der Waals surface area contributed by atoms with Gasteiger partial charge in [-0.25, -0.2) is 4.79 Å². The summed E-state index contributed by atoms with van der Waals surface area (Å²) in [7, 11) is 0. The second kappa shape index (κ2) is 8.01. The van der Waals surface area contributed by atoms with Crippen LogP contribution in [-0.2, 0) is 4.74 Å². The Morgan fingerprint density at radius 1 is 1.23 bits per heavy atom. The van der Waals surface area contributed by atoms with Gasteiger partial charge in [0.2, 0.25) is 0 Å². The van der Waals surface area contributed by atoms with E-state index in [2.05, 4.69) is 17.1 Å². The normalized spacial score (nSPS) is 30.2. The van der Waals surface area contributed by atoms with Crippen molar-refractivity contribution in [2.75, 3.05) is 31.1 Å². The van der Waals surface area contributed by atoms with Crippen molar-refractivity contribution in [3.8, 4) is 0 Å². The number of hydrogen-bond acceptors (Lipinski definition) is 3. The first-order valence-electron chi connectivity index (χ1n) is 9.80. The molecule has 1 amide bonds. The van der Waals surface area contributed by atoms with Gasteiger partial charge in [-0.15, -0.1) is 0 Å². The van der Waals surface area contributed by atoms with Crippen molar-refractivity contribution in [2.45, 2.75) is 38.2 Å². The molecule has 140 valence electrons. The first kappa shape index (κ1) is 17.9. The molecule has 0 N–H and O–H groups in total. The Balaban J connectivity index is 1.49. The molecule has 2 atom stereocenters. The van der Waals surface area contributed by atoms with E-state index in [9.17, 15) is 4.79 Å². The lowest BCUT2D eigenvalue weighted by molar-refractivity contribution is -0.0312. The molecule has 3 saturated heterocycles. The highest BCUT2D eigenvalue weighted by Gasteiger charge is 2.37. The summed E-state index contributed by atoms with van der Waals surface area (Å²) in [5, 5.41) is 0.645. The number of nitrogens with zero attached hydrogens (tertiary/aromatic N) is 2. The molecule has 26 heavy (non-hydrogen) atoms. The number of carbonyl (C=O) groups is 1. The zero-order valence-electron chi connectivity index (χ0n) is 15.1. The van der Waals surface area contributed by atoms with E-state index in [0.717, 1.165) is 57.4 Å². The summed E-state index contributed by atoms with van der Waals surface area (Å²) in [6, 6.07) is 7.54. The first-order chi connectivity index (χ1) is 12.7. The van der Waals surface area contributed by atoms with Gasteiger partial charge in [0.05, 0.1) is 0 Å². The monoisotopic (exact) mass is 374 g/mol. The number of benzene rings is 1. The van der Waals surface area contributed by atoms with Crippen LogP contribution in [0.5, 0.6) is 0 Å². The lowest BCUT2D eigenvalue weighted by Gasteiger charge is -2.44. The molecule has 2 bridgehead atoms. The third-order valence-corrected chi connectivity index (χ3v) is 6.24. The van der Waals surface area contributed by atoms with E-state index in [0.29, 0.717) is 23.4 Å². The minimum absolute atomic E-state index is 0.0259. The van der Waals surface area contributed by atoms with Crippen molar-refractivity contribution >= 4 is 23.4 Å². The van der Waals surface area contributed by atoms with E-state index in [-0.39, 0.29) is 12.2 Å². The molecule has 0 spiro atoms. The summed E-state index contributed by atoms with van der Waals surface area (Å²) >= 11 is 6.18. The number of piperidine rings is 3. The number of ether oxygens (including phenoxy) is 1. The first-order valence-corrected chi connectivity index (χ1v) is 10.2. The average molecular weight is 375 g/mol. The zero-order valence-corrected chi connectivity index (χ0v) is 15.9. The molecule has 4 aliphatic rings. The summed E-state index contributed by atoms with van der Waals surface area (Å²) in [5.74, 6) is 0.987. The zero-order chi connectivity index (χ0) is 17.9. The van der Waals surface area contributed by atoms with Crippen LogP contribution >= 0.6 is 11.6 Å². The quantitative estimate of drug-likeness (QED) is 0.714. The van der Waals surface area contributed by atoms with Crippen molar-refractivity contribution < 1.29 is 9.53 Å². The SMILES string of the molecule is O=C(OC1CN2CCC1CC2)N(CC1CC=CCC1)c1cccc(Cl)c1. The van der Waals surface area contributed by atoms with Crippen molar-refractivity contribution in [1.29, 1.82) is 0 Å². The summed E-state index contributed by atoms with van der Waals surface area (Å²) in [5.41, 5.74) is 0.832. The number of rotatable bonds is 4. The van der Waals surface area contributed by atoms with Crippen LogP contribution in [0.15, 0.2) is 36.4 Å². The van der Waals surface area contributed by atoms with E-state index >= 15 is 0 Å². The molecule has 5 heteroatoms. The molecule has 2 unspecified atom stereocenters. The fourth-order valence-electron chi connectivity index (χ4n) is 4.45. The highest BCUT2D eigenvalue weighted by atomic mass is 35.5. The Kier molecular flexibility index (Phi) is 5.51. The molecular formula is C21H27ClN2O2. The van der Waals surface area contributed by atoms with Crippen LogP contribution in [-0.4, -0.2) is 43.3 Å². The van der Waals surface area contributed by atoms with E-state index in [1.165, 1.54) is 0 Å². The van der Waals surface area contributed by atoms with Gasteiger partial charge >= 0.3 is 6.09 Å². The molecule has 3 heterocycles. The average Bonchev–Trinajstić information content (AvgIpc) is 2.68. The summed E-state index contributed by atoms with van der Waals surface area (Å²) in [6.45, 7) is 3.85. The van der Waals surface area contributed by atoms with Gasteiger partial charge in [-0.05, 0) is 75.2 Å². The number of fused-ring (bicyclic) bond motifs is 3. The highest BCUT2D eigenvalue weighted by Crippen LogP contribution is 2.31. The third kappa shape index (κ3) is 4.07. The second-order valence-electron chi connectivity index (χ2n) is 7.80. The van der Waals surface area contributed by atoms with E-state index in [1.807, 2.05) is 24.3 Å². The van der Waals surface area contributed by atoms with E-state index in [1.54, 1.807) is 4.90 Å². The van der Waals surface area contributed by atoms with Crippen molar-refractivity contribution in [3.05, 3.63) is 41.4 Å². The molecule has 3 aliphatic heterocycles. The van der Waals surface area contributed by atoms with Gasteiger partial charge in [0.1, 0.15) is 6.10 Å². The third-order valence-electron chi connectivity index (χ3n) is 6.01. The molecule has 0 radical (unpaired) electrons. The fraction of sp³-hybridized carbons (Fsp3) is 0.571. The van der Waals surface area contributed by atoms with Gasteiger partial charge in [-0.2, -0.15) is 0 Å². The summed E-state index contributed by atoms with van der Waals surface area (Å²) < 4.78 is 6.01. The topological polar surface area (TPSA) is 32.8 Å². The molecule has 4 nitrogen and oxygen atoms in total. The van der Waals surface area contributed by atoms with Gasteiger partial charge in [-0.3, -0.25) is 9.80 Å². The van der Waals surface area contributed by atoms with Crippen LogP contribution in [0, 0.1) is 11.8 Å². The number of anilines is 1. The molecule has 5 rings (SSSR count). The Hall–Kier alpha value is -1.52. The Bertz CT molecular complexity index is 670. The predicted molar refractivity (Wildman–Crippen MR) is 105 cm³/mol. The van der Waals surface area contributed by atoms with Crippen LogP contribution < -0.4 is 4.90 Å². The van der Waals surface area contributed by atoms with Gasteiger partial charge in [0.15, 0.2) is 0 Å². The van der Waals surface area contributed by atoms with Crippen LogP contribution in [0.2, 0.25) is 5.02 Å². The van der Waals surface area contributed by atoms with Crippen molar-refractivity contribution in [3.63, 3.8) is 0 Å². The number of carbonyl (C=O) groups excluding carboxylic acids is 1. The minimum Gasteiger partial charge on any atom is -0.444 e. The van der Waals surface area contributed by atoms with Crippen LogP contribution in [0.4, 0.5) is 10.5 Å². The Labute approximate surface area is 160 Å². The van der Waals surface area contributed by atoms with Crippen LogP contribution in [0.3, 0.4) is 0 Å². The number of hydrogen-bond donors (Lipinski definition) is 0. The molecule has 3 fully saturated rings. The number of halogens is 1. The maximum absolute atomic E-state index is 13.1. The van der Waals surface area contributed by atoms with E-state index < -0.39 is 0 Å². The predicted octanol–water partition coefficient (Wildman–Crippen LogP) is 4.73. The summed E-state index contributed by atoms with van der Waals surface area (Å²) in [6.07, 6.45) is 9.76. The molecule has 1 aromatic rings. The molecule has 0 saturated carbocycles. The van der Waals surface area contributed by atoms with Crippen molar-refractivity contribution in [2.24, 2.45) is 11.8 Å². The molecule has 1 aromatic carbocycles. The van der Waals surface area contributed by atoms with Gasteiger partial charge < -0.3 is 4.74 Å². The molecule has 0 aromatic heterocycles. The Morgan fingerprint density at radius 2 is 2.08 bits per heavy atom. The summed E-state index contributed by atoms with van der Waals surface area (Å²) in [4.78, 5) is 17.3. The minimum atomic E-state index is -0.222. The smallest absolute Gasteiger partial charge is 0.414 e. The standard InChI is InChI=1S/C21H27ClN2O2/c22-18-7-4-8-19(13-18)24(14-16-5-2-1-3-6-16)21(25)26-20-15-23-11-9-17(20)10-12-23/h1-2,4,7-8,13,16-17,20H,3,5-6,9-12,14-15H2. The molecule has 1 aliphatic carbocycles. The van der Waals surface area contributed by atoms with Gasteiger partial charge in [0.25, 0.3) is 0 Å². The number of amides is 1. The molecular weight excluding hydrogens is 348 g/mol.